The minimum atomic E-state index is -1.20. The maximum absolute atomic E-state index is 13.5. The standard InChI is InChI=1S/C22H21ClF2N4O2/c1-2-3-7-10-29(14-8-5-4-6-9-14)22(31)19-13-20(28-27-19)26-21(30)15-11-17(24)18(25)12-16(15)23/h4-6,8-9,11-13H,2-3,7,10H2,1H3,(H2,26,27,28,30). The minimum absolute atomic E-state index is 0.0516. The Bertz CT molecular complexity index is 1070. The molecule has 1 heterocycles. The molecule has 0 aliphatic rings. The molecular weight excluding hydrogens is 426 g/mol. The second-order valence-electron chi connectivity index (χ2n) is 6.87. The molecule has 2 N–H and O–H groups in total. The van der Waals surface area contributed by atoms with Crippen LogP contribution in [0.3, 0.4) is 0 Å². The topological polar surface area (TPSA) is 78.1 Å². The predicted molar refractivity (Wildman–Crippen MR) is 116 cm³/mol. The van der Waals surface area contributed by atoms with Gasteiger partial charge in [0, 0.05) is 18.3 Å². The first kappa shape index (κ1) is 22.4. The van der Waals surface area contributed by atoms with Crippen molar-refractivity contribution >= 4 is 34.9 Å². The number of aromatic amines is 1. The molecule has 0 atom stereocenters. The summed E-state index contributed by atoms with van der Waals surface area (Å²) in [7, 11) is 0. The van der Waals surface area contributed by atoms with Gasteiger partial charge in [0.05, 0.1) is 10.6 Å². The van der Waals surface area contributed by atoms with Crippen molar-refractivity contribution in [3.05, 3.63) is 76.4 Å². The number of nitrogens with zero attached hydrogens (tertiary/aromatic N) is 2. The monoisotopic (exact) mass is 446 g/mol. The van der Waals surface area contributed by atoms with Crippen molar-refractivity contribution in [1.82, 2.24) is 10.2 Å². The van der Waals surface area contributed by atoms with E-state index in [1.165, 1.54) is 6.07 Å². The molecule has 31 heavy (non-hydrogen) atoms. The maximum Gasteiger partial charge on any atom is 0.276 e. The number of hydrogen-bond acceptors (Lipinski definition) is 3. The number of aromatic nitrogens is 2. The third kappa shape index (κ3) is 5.46. The van der Waals surface area contributed by atoms with E-state index in [4.69, 9.17) is 11.6 Å². The third-order valence-corrected chi connectivity index (χ3v) is 4.92. The van der Waals surface area contributed by atoms with E-state index in [-0.39, 0.29) is 28.0 Å². The zero-order valence-electron chi connectivity index (χ0n) is 16.8. The van der Waals surface area contributed by atoms with Gasteiger partial charge in [-0.2, -0.15) is 5.10 Å². The summed E-state index contributed by atoms with van der Waals surface area (Å²) >= 11 is 5.83. The second kappa shape index (κ2) is 10.2. The van der Waals surface area contributed by atoms with Gasteiger partial charge in [0.1, 0.15) is 5.69 Å². The number of H-pyrrole nitrogens is 1. The van der Waals surface area contributed by atoms with E-state index in [9.17, 15) is 18.4 Å². The lowest BCUT2D eigenvalue weighted by Crippen LogP contribution is -2.32. The number of benzene rings is 2. The Morgan fingerprint density at radius 1 is 1.10 bits per heavy atom. The number of hydrogen-bond donors (Lipinski definition) is 2. The first-order valence-electron chi connectivity index (χ1n) is 9.79. The van der Waals surface area contributed by atoms with Crippen LogP contribution in [0.25, 0.3) is 0 Å². The van der Waals surface area contributed by atoms with Crippen LogP contribution >= 0.6 is 11.6 Å². The fraction of sp³-hybridized carbons (Fsp3) is 0.227. The van der Waals surface area contributed by atoms with Gasteiger partial charge < -0.3 is 10.2 Å². The Morgan fingerprint density at radius 2 is 1.81 bits per heavy atom. The molecule has 3 aromatic rings. The van der Waals surface area contributed by atoms with E-state index in [1.54, 1.807) is 4.90 Å². The number of carbonyl (C=O) groups excluding carboxylic acids is 2. The fourth-order valence-electron chi connectivity index (χ4n) is 3.00. The van der Waals surface area contributed by atoms with E-state index in [0.717, 1.165) is 31.0 Å². The first-order valence-corrected chi connectivity index (χ1v) is 10.2. The lowest BCUT2D eigenvalue weighted by Gasteiger charge is -2.22. The van der Waals surface area contributed by atoms with Gasteiger partial charge in [-0.05, 0) is 30.7 Å². The molecule has 1 aromatic heterocycles. The quantitative estimate of drug-likeness (QED) is 0.357. The highest BCUT2D eigenvalue weighted by molar-refractivity contribution is 6.34. The van der Waals surface area contributed by atoms with Crippen LogP contribution in [-0.2, 0) is 0 Å². The Balaban J connectivity index is 1.77. The Labute approximate surface area is 183 Å². The van der Waals surface area contributed by atoms with Gasteiger partial charge in [-0.25, -0.2) is 8.78 Å². The van der Waals surface area contributed by atoms with Crippen molar-refractivity contribution in [2.45, 2.75) is 26.2 Å². The van der Waals surface area contributed by atoms with Gasteiger partial charge in [-0.3, -0.25) is 14.7 Å². The van der Waals surface area contributed by atoms with E-state index in [0.29, 0.717) is 12.6 Å². The van der Waals surface area contributed by atoms with Crippen LogP contribution in [0.5, 0.6) is 0 Å². The fourth-order valence-corrected chi connectivity index (χ4v) is 3.23. The highest BCUT2D eigenvalue weighted by Gasteiger charge is 2.21. The molecule has 2 aromatic carbocycles. The molecule has 0 aliphatic heterocycles. The number of para-hydroxylation sites is 1. The third-order valence-electron chi connectivity index (χ3n) is 4.60. The van der Waals surface area contributed by atoms with Crippen LogP contribution in [0.2, 0.25) is 5.02 Å². The Kier molecular flexibility index (Phi) is 7.36. The summed E-state index contributed by atoms with van der Waals surface area (Å²) < 4.78 is 26.7. The normalized spacial score (nSPS) is 10.7. The Hall–Kier alpha value is -3.26. The first-order chi connectivity index (χ1) is 14.9. The molecular formula is C22H21ClF2N4O2. The van der Waals surface area contributed by atoms with Crippen LogP contribution in [0.1, 0.15) is 47.0 Å². The van der Waals surface area contributed by atoms with Crippen LogP contribution in [0, 0.1) is 11.6 Å². The van der Waals surface area contributed by atoms with E-state index >= 15 is 0 Å². The lowest BCUT2D eigenvalue weighted by atomic mass is 10.2. The second-order valence-corrected chi connectivity index (χ2v) is 7.27. The van der Waals surface area contributed by atoms with Crippen molar-refractivity contribution in [2.24, 2.45) is 0 Å². The van der Waals surface area contributed by atoms with Crippen molar-refractivity contribution in [1.29, 1.82) is 0 Å². The smallest absolute Gasteiger partial charge is 0.276 e. The molecule has 0 unspecified atom stereocenters. The molecule has 0 saturated heterocycles. The van der Waals surface area contributed by atoms with Gasteiger partial charge in [-0.15, -0.1) is 0 Å². The van der Waals surface area contributed by atoms with Crippen LogP contribution < -0.4 is 10.2 Å². The number of rotatable bonds is 8. The number of carbonyl (C=O) groups is 2. The SMILES string of the molecule is CCCCCN(C(=O)c1cc(NC(=O)c2cc(F)c(F)cc2Cl)n[nH]1)c1ccccc1. The van der Waals surface area contributed by atoms with Crippen LogP contribution in [-0.4, -0.2) is 28.6 Å². The van der Waals surface area contributed by atoms with Gasteiger partial charge in [0.15, 0.2) is 17.5 Å². The van der Waals surface area contributed by atoms with Crippen molar-refractivity contribution in [3.8, 4) is 0 Å². The van der Waals surface area contributed by atoms with E-state index in [2.05, 4.69) is 22.4 Å². The highest BCUT2D eigenvalue weighted by atomic mass is 35.5. The summed E-state index contributed by atoms with van der Waals surface area (Å²) in [4.78, 5) is 27.1. The molecule has 0 fully saturated rings. The highest BCUT2D eigenvalue weighted by Crippen LogP contribution is 2.22. The zero-order valence-corrected chi connectivity index (χ0v) is 17.5. The zero-order chi connectivity index (χ0) is 22.4. The number of anilines is 2. The summed E-state index contributed by atoms with van der Waals surface area (Å²) in [6.07, 6.45) is 2.84. The Morgan fingerprint density at radius 3 is 2.52 bits per heavy atom. The van der Waals surface area contributed by atoms with Gasteiger partial charge >= 0.3 is 0 Å². The van der Waals surface area contributed by atoms with Crippen LogP contribution in [0.15, 0.2) is 48.5 Å². The molecule has 0 radical (unpaired) electrons. The predicted octanol–water partition coefficient (Wildman–Crippen LogP) is 5.43. The van der Waals surface area contributed by atoms with E-state index in [1.807, 2.05) is 30.3 Å². The summed E-state index contributed by atoms with van der Waals surface area (Å²) in [5, 5.41) is 8.73. The molecule has 0 spiro atoms. The number of nitrogens with one attached hydrogen (secondary N) is 2. The van der Waals surface area contributed by atoms with Gasteiger partial charge in [-0.1, -0.05) is 49.6 Å². The number of unbranched alkanes of at least 4 members (excludes halogenated alkanes) is 2. The molecule has 162 valence electrons. The summed E-state index contributed by atoms with van der Waals surface area (Å²) in [6.45, 7) is 2.61. The van der Waals surface area contributed by atoms with Gasteiger partial charge in [0.2, 0.25) is 0 Å². The number of amides is 2. The molecule has 2 amide bonds. The molecule has 9 heteroatoms. The molecule has 0 aliphatic carbocycles. The van der Waals surface area contributed by atoms with Crippen molar-refractivity contribution in [2.75, 3.05) is 16.8 Å². The average molecular weight is 447 g/mol. The molecule has 0 bridgehead atoms. The molecule has 0 saturated carbocycles. The lowest BCUT2D eigenvalue weighted by molar-refractivity contribution is 0.0980. The summed E-state index contributed by atoms with van der Waals surface area (Å²) in [6, 6.07) is 12.0. The van der Waals surface area contributed by atoms with Gasteiger partial charge in [0.25, 0.3) is 11.8 Å². The average Bonchev–Trinajstić information content (AvgIpc) is 3.22. The van der Waals surface area contributed by atoms with Crippen molar-refractivity contribution < 1.29 is 18.4 Å². The molecule has 6 nitrogen and oxygen atoms in total. The summed E-state index contributed by atoms with van der Waals surface area (Å²) in [5.41, 5.74) is 0.673. The maximum atomic E-state index is 13.5. The van der Waals surface area contributed by atoms with Crippen molar-refractivity contribution in [3.63, 3.8) is 0 Å². The molecule has 3 rings (SSSR count). The minimum Gasteiger partial charge on any atom is -0.307 e. The summed E-state index contributed by atoms with van der Waals surface area (Å²) in [5.74, 6) is -3.38. The van der Waals surface area contributed by atoms with Crippen LogP contribution in [0.4, 0.5) is 20.3 Å². The number of halogens is 3. The van der Waals surface area contributed by atoms with E-state index < -0.39 is 17.5 Å². The largest absolute Gasteiger partial charge is 0.307 e.